The number of carbonyl (C=O) groups is 1. The maximum absolute atomic E-state index is 12.0. The molecule has 1 amide bonds. The zero-order valence-corrected chi connectivity index (χ0v) is 11.1. The molecule has 2 atom stereocenters. The smallest absolute Gasteiger partial charge is 0.226 e. The number of carbonyl (C=O) groups excluding carboxylic acids is 1. The molecule has 3 heteroatoms. The molecule has 0 saturated carbocycles. The number of amides is 1. The SMILES string of the molecule is Cc1ccccc1CN(C)C(=O)C(C)C(C)N. The van der Waals surface area contributed by atoms with Crippen LogP contribution in [0.5, 0.6) is 0 Å². The van der Waals surface area contributed by atoms with Gasteiger partial charge in [-0.1, -0.05) is 31.2 Å². The number of aryl methyl sites for hydroxylation is 1. The minimum absolute atomic E-state index is 0.100. The van der Waals surface area contributed by atoms with Crippen LogP contribution in [0.4, 0.5) is 0 Å². The first-order chi connectivity index (χ1) is 7.93. The van der Waals surface area contributed by atoms with Gasteiger partial charge in [-0.3, -0.25) is 4.79 Å². The molecule has 0 aliphatic heterocycles. The Labute approximate surface area is 104 Å². The average Bonchev–Trinajstić information content (AvgIpc) is 2.30. The normalized spacial score (nSPS) is 14.2. The molecule has 2 N–H and O–H groups in total. The fourth-order valence-electron chi connectivity index (χ4n) is 1.69. The summed E-state index contributed by atoms with van der Waals surface area (Å²) in [5.74, 6) is -0.0349. The highest BCUT2D eigenvalue weighted by Crippen LogP contribution is 2.12. The van der Waals surface area contributed by atoms with Crippen LogP contribution in [-0.4, -0.2) is 23.9 Å². The minimum atomic E-state index is -0.135. The first kappa shape index (κ1) is 13.7. The van der Waals surface area contributed by atoms with Gasteiger partial charge >= 0.3 is 0 Å². The van der Waals surface area contributed by atoms with Gasteiger partial charge in [0.05, 0.1) is 5.92 Å². The lowest BCUT2D eigenvalue weighted by Gasteiger charge is -2.24. The van der Waals surface area contributed by atoms with E-state index in [0.29, 0.717) is 6.54 Å². The minimum Gasteiger partial charge on any atom is -0.341 e. The van der Waals surface area contributed by atoms with E-state index in [1.165, 1.54) is 11.1 Å². The van der Waals surface area contributed by atoms with Gasteiger partial charge in [-0.05, 0) is 25.0 Å². The first-order valence-electron chi connectivity index (χ1n) is 5.98. The first-order valence-corrected chi connectivity index (χ1v) is 5.98. The third-order valence-electron chi connectivity index (χ3n) is 3.22. The topological polar surface area (TPSA) is 46.3 Å². The summed E-state index contributed by atoms with van der Waals surface area (Å²) in [6.45, 7) is 6.44. The summed E-state index contributed by atoms with van der Waals surface area (Å²) in [7, 11) is 1.83. The number of benzene rings is 1. The van der Waals surface area contributed by atoms with Crippen LogP contribution in [0.2, 0.25) is 0 Å². The predicted octanol–water partition coefficient (Wildman–Crippen LogP) is 1.94. The molecule has 0 bridgehead atoms. The van der Waals surface area contributed by atoms with E-state index in [9.17, 15) is 4.79 Å². The number of hydrogen-bond donors (Lipinski definition) is 1. The molecule has 0 spiro atoms. The van der Waals surface area contributed by atoms with Crippen LogP contribution in [0, 0.1) is 12.8 Å². The summed E-state index contributed by atoms with van der Waals surface area (Å²) >= 11 is 0. The highest BCUT2D eigenvalue weighted by molar-refractivity contribution is 5.78. The van der Waals surface area contributed by atoms with Crippen LogP contribution in [0.1, 0.15) is 25.0 Å². The van der Waals surface area contributed by atoms with Crippen molar-refractivity contribution in [1.29, 1.82) is 0 Å². The van der Waals surface area contributed by atoms with Crippen molar-refractivity contribution in [2.75, 3.05) is 7.05 Å². The van der Waals surface area contributed by atoms with Gasteiger partial charge in [0, 0.05) is 19.6 Å². The van der Waals surface area contributed by atoms with Crippen molar-refractivity contribution in [3.63, 3.8) is 0 Å². The van der Waals surface area contributed by atoms with Gasteiger partial charge in [0.25, 0.3) is 0 Å². The molecular weight excluding hydrogens is 212 g/mol. The van der Waals surface area contributed by atoms with Gasteiger partial charge in [-0.2, -0.15) is 0 Å². The monoisotopic (exact) mass is 234 g/mol. The number of nitrogens with two attached hydrogens (primary N) is 1. The van der Waals surface area contributed by atoms with E-state index in [2.05, 4.69) is 19.1 Å². The molecule has 0 fully saturated rings. The van der Waals surface area contributed by atoms with Gasteiger partial charge in [-0.15, -0.1) is 0 Å². The number of nitrogens with zero attached hydrogens (tertiary/aromatic N) is 1. The molecule has 94 valence electrons. The Balaban J connectivity index is 2.70. The standard InChI is InChI=1S/C14H22N2O/c1-10-7-5-6-8-13(10)9-16(4)14(17)11(2)12(3)15/h5-8,11-12H,9,15H2,1-4H3. The van der Waals surface area contributed by atoms with Crippen molar-refractivity contribution < 1.29 is 4.79 Å². The Morgan fingerprint density at radius 2 is 1.94 bits per heavy atom. The Morgan fingerprint density at radius 3 is 2.47 bits per heavy atom. The van der Waals surface area contributed by atoms with Crippen LogP contribution >= 0.6 is 0 Å². The largest absolute Gasteiger partial charge is 0.341 e. The van der Waals surface area contributed by atoms with E-state index in [1.54, 1.807) is 4.90 Å². The Kier molecular flexibility index (Phi) is 4.70. The second-order valence-corrected chi connectivity index (χ2v) is 4.77. The highest BCUT2D eigenvalue weighted by atomic mass is 16.2. The van der Waals surface area contributed by atoms with E-state index in [1.807, 2.05) is 33.0 Å². The molecule has 1 rings (SSSR count). The summed E-state index contributed by atoms with van der Waals surface area (Å²) in [5, 5.41) is 0. The average molecular weight is 234 g/mol. The summed E-state index contributed by atoms with van der Waals surface area (Å²) in [4.78, 5) is 13.8. The van der Waals surface area contributed by atoms with Gasteiger partial charge in [0.2, 0.25) is 5.91 Å². The third-order valence-corrected chi connectivity index (χ3v) is 3.22. The number of rotatable bonds is 4. The fourth-order valence-corrected chi connectivity index (χ4v) is 1.69. The molecule has 17 heavy (non-hydrogen) atoms. The predicted molar refractivity (Wildman–Crippen MR) is 70.5 cm³/mol. The summed E-state index contributed by atoms with van der Waals surface area (Å²) in [5.41, 5.74) is 8.14. The van der Waals surface area contributed by atoms with Crippen LogP contribution in [-0.2, 0) is 11.3 Å². The molecule has 1 aromatic rings. The van der Waals surface area contributed by atoms with Gasteiger partial charge < -0.3 is 10.6 Å². The second-order valence-electron chi connectivity index (χ2n) is 4.77. The third kappa shape index (κ3) is 3.56. The van der Waals surface area contributed by atoms with Crippen molar-refractivity contribution in [2.24, 2.45) is 11.7 Å². The van der Waals surface area contributed by atoms with Crippen molar-refractivity contribution >= 4 is 5.91 Å². The zero-order valence-electron chi connectivity index (χ0n) is 11.1. The van der Waals surface area contributed by atoms with Gasteiger partial charge in [-0.25, -0.2) is 0 Å². The van der Waals surface area contributed by atoms with Crippen LogP contribution in [0.3, 0.4) is 0 Å². The van der Waals surface area contributed by atoms with Crippen molar-refractivity contribution in [1.82, 2.24) is 4.90 Å². The Hall–Kier alpha value is -1.35. The molecule has 0 radical (unpaired) electrons. The van der Waals surface area contributed by atoms with Crippen LogP contribution in [0.25, 0.3) is 0 Å². The number of hydrogen-bond acceptors (Lipinski definition) is 2. The van der Waals surface area contributed by atoms with E-state index >= 15 is 0 Å². The molecule has 0 aliphatic carbocycles. The highest BCUT2D eigenvalue weighted by Gasteiger charge is 2.20. The molecule has 3 nitrogen and oxygen atoms in total. The van der Waals surface area contributed by atoms with Crippen LogP contribution < -0.4 is 5.73 Å². The summed E-state index contributed by atoms with van der Waals surface area (Å²) in [6.07, 6.45) is 0. The van der Waals surface area contributed by atoms with E-state index in [-0.39, 0.29) is 17.9 Å². The lowest BCUT2D eigenvalue weighted by Crippen LogP contribution is -2.39. The van der Waals surface area contributed by atoms with E-state index in [4.69, 9.17) is 5.73 Å². The lowest BCUT2D eigenvalue weighted by atomic mass is 10.0. The second kappa shape index (κ2) is 5.82. The summed E-state index contributed by atoms with van der Waals surface area (Å²) < 4.78 is 0. The lowest BCUT2D eigenvalue weighted by molar-refractivity contribution is -0.134. The molecular formula is C14H22N2O. The zero-order chi connectivity index (χ0) is 13.0. The maximum Gasteiger partial charge on any atom is 0.226 e. The van der Waals surface area contributed by atoms with Crippen LogP contribution in [0.15, 0.2) is 24.3 Å². The van der Waals surface area contributed by atoms with E-state index in [0.717, 1.165) is 0 Å². The van der Waals surface area contributed by atoms with Crippen molar-refractivity contribution in [2.45, 2.75) is 33.4 Å². The maximum atomic E-state index is 12.0. The van der Waals surface area contributed by atoms with Gasteiger partial charge in [0.1, 0.15) is 0 Å². The van der Waals surface area contributed by atoms with Crippen molar-refractivity contribution in [3.05, 3.63) is 35.4 Å². The Bertz CT molecular complexity index is 388. The molecule has 2 unspecified atom stereocenters. The fraction of sp³-hybridized carbons (Fsp3) is 0.500. The van der Waals surface area contributed by atoms with Gasteiger partial charge in [0.15, 0.2) is 0 Å². The molecule has 0 aliphatic rings. The van der Waals surface area contributed by atoms with E-state index < -0.39 is 0 Å². The quantitative estimate of drug-likeness (QED) is 0.865. The molecule has 0 heterocycles. The molecule has 0 aromatic heterocycles. The molecule has 0 saturated heterocycles. The summed E-state index contributed by atoms with van der Waals surface area (Å²) in [6, 6.07) is 8.00. The Morgan fingerprint density at radius 1 is 1.35 bits per heavy atom. The van der Waals surface area contributed by atoms with Crippen molar-refractivity contribution in [3.8, 4) is 0 Å². The molecule has 1 aromatic carbocycles.